The predicted molar refractivity (Wildman–Crippen MR) is 103 cm³/mol. The van der Waals surface area contributed by atoms with Gasteiger partial charge in [0.2, 0.25) is 0 Å². The van der Waals surface area contributed by atoms with Crippen molar-refractivity contribution in [3.05, 3.63) is 83.4 Å². The normalized spacial score (nSPS) is 11.8. The number of amides is 1. The summed E-state index contributed by atoms with van der Waals surface area (Å²) in [6, 6.07) is 10.2. The number of para-hydroxylation sites is 1. The van der Waals surface area contributed by atoms with Crippen LogP contribution in [0.2, 0.25) is 0 Å². The van der Waals surface area contributed by atoms with Crippen molar-refractivity contribution >= 4 is 17.2 Å². The number of nitrogens with one attached hydrogen (secondary N) is 1. The highest BCUT2D eigenvalue weighted by atomic mass is 19.4. The van der Waals surface area contributed by atoms with Crippen molar-refractivity contribution in [3.8, 4) is 11.3 Å². The topological polar surface area (TPSA) is 59.3 Å². The molecular weight excluding hydrogens is 438 g/mol. The van der Waals surface area contributed by atoms with Gasteiger partial charge in [-0.15, -0.1) is 0 Å². The number of benzene rings is 2. The van der Waals surface area contributed by atoms with Crippen molar-refractivity contribution in [2.45, 2.75) is 12.6 Å². The SMILES string of the molecule is O=C(Nc1ccccc1C(F)(F)F)c1cnn2c(C(F)F)cc(-c3ccc(F)cc3)nc12. The van der Waals surface area contributed by atoms with E-state index in [2.05, 4.69) is 15.4 Å². The zero-order valence-corrected chi connectivity index (χ0v) is 15.9. The first-order chi connectivity index (χ1) is 15.1. The average Bonchev–Trinajstić information content (AvgIpc) is 3.17. The van der Waals surface area contributed by atoms with Gasteiger partial charge < -0.3 is 5.32 Å². The van der Waals surface area contributed by atoms with Gasteiger partial charge in [-0.3, -0.25) is 4.79 Å². The average molecular weight is 450 g/mol. The fraction of sp³-hybridized carbons (Fsp3) is 0.0952. The van der Waals surface area contributed by atoms with Gasteiger partial charge in [0.1, 0.15) is 17.1 Å². The third-order valence-electron chi connectivity index (χ3n) is 4.59. The van der Waals surface area contributed by atoms with E-state index in [1.807, 2.05) is 0 Å². The molecule has 5 nitrogen and oxygen atoms in total. The Morgan fingerprint density at radius 3 is 2.38 bits per heavy atom. The number of hydrogen-bond donors (Lipinski definition) is 1. The van der Waals surface area contributed by atoms with E-state index in [0.29, 0.717) is 5.56 Å². The molecule has 0 fully saturated rings. The molecule has 0 radical (unpaired) electrons. The minimum absolute atomic E-state index is 0.0121. The third kappa shape index (κ3) is 4.01. The molecule has 0 bridgehead atoms. The molecule has 1 N–H and O–H groups in total. The summed E-state index contributed by atoms with van der Waals surface area (Å²) in [5.74, 6) is -1.56. The van der Waals surface area contributed by atoms with Crippen molar-refractivity contribution < 1.29 is 31.1 Å². The molecule has 0 aliphatic carbocycles. The highest BCUT2D eigenvalue weighted by Crippen LogP contribution is 2.35. The van der Waals surface area contributed by atoms with Crippen LogP contribution in [-0.2, 0) is 6.18 Å². The molecule has 164 valence electrons. The number of rotatable bonds is 4. The van der Waals surface area contributed by atoms with Crippen molar-refractivity contribution in [1.82, 2.24) is 14.6 Å². The molecule has 4 aromatic rings. The molecule has 0 saturated heterocycles. The smallest absolute Gasteiger partial charge is 0.321 e. The lowest BCUT2D eigenvalue weighted by molar-refractivity contribution is -0.136. The molecule has 2 heterocycles. The minimum Gasteiger partial charge on any atom is -0.321 e. The Kier molecular flexibility index (Phi) is 5.33. The molecule has 2 aromatic carbocycles. The van der Waals surface area contributed by atoms with E-state index in [1.54, 1.807) is 0 Å². The second-order valence-electron chi connectivity index (χ2n) is 6.66. The molecule has 4 rings (SSSR count). The van der Waals surface area contributed by atoms with Crippen LogP contribution in [0.25, 0.3) is 16.9 Å². The van der Waals surface area contributed by atoms with Crippen LogP contribution in [0, 0.1) is 5.82 Å². The first kappa shape index (κ1) is 21.3. The maximum atomic E-state index is 13.6. The van der Waals surface area contributed by atoms with E-state index in [-0.39, 0.29) is 16.9 Å². The Morgan fingerprint density at radius 2 is 1.72 bits per heavy atom. The highest BCUT2D eigenvalue weighted by molar-refractivity contribution is 6.08. The van der Waals surface area contributed by atoms with Crippen LogP contribution in [-0.4, -0.2) is 20.5 Å². The Morgan fingerprint density at radius 1 is 1.03 bits per heavy atom. The van der Waals surface area contributed by atoms with Crippen LogP contribution in [0.1, 0.15) is 28.0 Å². The Hall–Kier alpha value is -3.89. The first-order valence-electron chi connectivity index (χ1n) is 9.05. The quantitative estimate of drug-likeness (QED) is 0.403. The van der Waals surface area contributed by atoms with Crippen LogP contribution in [0.4, 0.5) is 32.0 Å². The molecule has 2 aromatic heterocycles. The number of anilines is 1. The van der Waals surface area contributed by atoms with Crippen molar-refractivity contribution in [2.75, 3.05) is 5.32 Å². The van der Waals surface area contributed by atoms with Crippen molar-refractivity contribution in [3.63, 3.8) is 0 Å². The summed E-state index contributed by atoms with van der Waals surface area (Å²) in [6.45, 7) is 0. The molecular formula is C21H12F6N4O. The van der Waals surface area contributed by atoms with E-state index in [9.17, 15) is 31.1 Å². The summed E-state index contributed by atoms with van der Waals surface area (Å²) >= 11 is 0. The largest absolute Gasteiger partial charge is 0.418 e. The molecule has 32 heavy (non-hydrogen) atoms. The fourth-order valence-electron chi connectivity index (χ4n) is 3.10. The number of fused-ring (bicyclic) bond motifs is 1. The second kappa shape index (κ2) is 7.98. The van der Waals surface area contributed by atoms with Gasteiger partial charge in [-0.1, -0.05) is 12.1 Å². The summed E-state index contributed by atoms with van der Waals surface area (Å²) in [5, 5.41) is 5.89. The standard InChI is InChI=1S/C21H12F6N4O/c22-12-7-5-11(6-8-12)16-9-17(18(23)24)31-19(29-16)13(10-28-31)20(32)30-15-4-2-1-3-14(15)21(25,26)27/h1-10,18H,(H,30,32). The molecule has 0 saturated carbocycles. The minimum atomic E-state index is -4.72. The number of carbonyl (C=O) groups excluding carboxylic acids is 1. The van der Waals surface area contributed by atoms with Gasteiger partial charge in [0.25, 0.3) is 12.3 Å². The van der Waals surface area contributed by atoms with Gasteiger partial charge in [0.05, 0.1) is 23.1 Å². The Bertz CT molecular complexity index is 1300. The van der Waals surface area contributed by atoms with E-state index in [0.717, 1.165) is 41.0 Å². The number of halogens is 6. The lowest BCUT2D eigenvalue weighted by Gasteiger charge is -2.13. The van der Waals surface area contributed by atoms with Crippen LogP contribution in [0.3, 0.4) is 0 Å². The van der Waals surface area contributed by atoms with Crippen LogP contribution >= 0.6 is 0 Å². The maximum absolute atomic E-state index is 13.6. The molecule has 0 aliphatic heterocycles. The monoisotopic (exact) mass is 450 g/mol. The summed E-state index contributed by atoms with van der Waals surface area (Å²) in [4.78, 5) is 16.9. The van der Waals surface area contributed by atoms with Crippen LogP contribution in [0.15, 0.2) is 60.8 Å². The van der Waals surface area contributed by atoms with Gasteiger partial charge in [0, 0.05) is 5.56 Å². The number of aromatic nitrogens is 3. The number of nitrogens with zero attached hydrogens (tertiary/aromatic N) is 3. The van der Waals surface area contributed by atoms with Gasteiger partial charge >= 0.3 is 6.18 Å². The summed E-state index contributed by atoms with van der Waals surface area (Å²) in [7, 11) is 0. The zero-order valence-electron chi connectivity index (χ0n) is 15.9. The third-order valence-corrected chi connectivity index (χ3v) is 4.59. The van der Waals surface area contributed by atoms with E-state index in [1.165, 1.54) is 24.3 Å². The molecule has 0 unspecified atom stereocenters. The zero-order chi connectivity index (χ0) is 23.0. The number of alkyl halides is 5. The predicted octanol–water partition coefficient (Wildman–Crippen LogP) is 5.74. The van der Waals surface area contributed by atoms with Crippen LogP contribution < -0.4 is 5.32 Å². The lowest BCUT2D eigenvalue weighted by Crippen LogP contribution is -2.17. The van der Waals surface area contributed by atoms with Crippen LogP contribution in [0.5, 0.6) is 0 Å². The molecule has 1 amide bonds. The van der Waals surface area contributed by atoms with E-state index in [4.69, 9.17) is 0 Å². The van der Waals surface area contributed by atoms with E-state index >= 15 is 0 Å². The van der Waals surface area contributed by atoms with Gasteiger partial charge in [0.15, 0.2) is 5.65 Å². The Labute approximate surface area is 176 Å². The molecule has 0 aliphatic rings. The summed E-state index contributed by atoms with van der Waals surface area (Å²) < 4.78 is 80.9. The maximum Gasteiger partial charge on any atom is 0.418 e. The van der Waals surface area contributed by atoms with E-state index < -0.39 is 41.3 Å². The molecule has 0 spiro atoms. The second-order valence-corrected chi connectivity index (χ2v) is 6.66. The fourth-order valence-corrected chi connectivity index (χ4v) is 3.10. The lowest BCUT2D eigenvalue weighted by atomic mass is 10.1. The van der Waals surface area contributed by atoms with Gasteiger partial charge in [-0.2, -0.15) is 18.3 Å². The first-order valence-corrected chi connectivity index (χ1v) is 9.05. The summed E-state index contributed by atoms with van der Waals surface area (Å²) in [5.41, 5.74) is -2.46. The van der Waals surface area contributed by atoms with Crippen molar-refractivity contribution in [2.24, 2.45) is 0 Å². The van der Waals surface area contributed by atoms with Gasteiger partial charge in [-0.25, -0.2) is 22.7 Å². The molecule has 0 atom stereocenters. The Balaban J connectivity index is 1.80. The molecule has 11 heteroatoms. The highest BCUT2D eigenvalue weighted by Gasteiger charge is 2.34. The number of carbonyl (C=O) groups is 1. The number of hydrogen-bond acceptors (Lipinski definition) is 3. The summed E-state index contributed by atoms with van der Waals surface area (Å²) in [6.07, 6.45) is -6.78. The van der Waals surface area contributed by atoms with Crippen molar-refractivity contribution in [1.29, 1.82) is 0 Å². The van der Waals surface area contributed by atoms with Gasteiger partial charge in [-0.05, 0) is 42.5 Å².